The number of hydrogen-bond acceptors (Lipinski definition) is 3. The van der Waals surface area contributed by atoms with E-state index in [9.17, 15) is 8.42 Å². The van der Waals surface area contributed by atoms with Crippen LogP contribution in [-0.4, -0.2) is 49.3 Å². The van der Waals surface area contributed by atoms with Crippen molar-refractivity contribution in [1.82, 2.24) is 9.21 Å². The zero-order valence-electron chi connectivity index (χ0n) is 19.0. The Bertz CT molecular complexity index is 1080. The van der Waals surface area contributed by atoms with Crippen LogP contribution in [0.25, 0.3) is 0 Å². The van der Waals surface area contributed by atoms with Gasteiger partial charge in [-0.25, -0.2) is 8.42 Å². The molecular weight excluding hydrogens is 428 g/mol. The van der Waals surface area contributed by atoms with Gasteiger partial charge in [-0.2, -0.15) is 4.31 Å². The molecule has 0 amide bonds. The summed E-state index contributed by atoms with van der Waals surface area (Å²) in [5.41, 5.74) is 2.66. The largest absolute Gasteiger partial charge is 0.302 e. The highest BCUT2D eigenvalue weighted by atomic mass is 32.2. The van der Waals surface area contributed by atoms with Gasteiger partial charge in [0.2, 0.25) is 10.0 Å². The normalized spacial score (nSPS) is 18.1. The van der Waals surface area contributed by atoms with Crippen molar-refractivity contribution in [2.75, 3.05) is 19.6 Å². The molecule has 0 atom stereocenters. The third-order valence-electron chi connectivity index (χ3n) is 6.99. The zero-order chi connectivity index (χ0) is 22.7. The van der Waals surface area contributed by atoms with E-state index >= 15 is 0 Å². The van der Waals surface area contributed by atoms with E-state index in [-0.39, 0.29) is 12.1 Å². The number of rotatable bonds is 8. The standard InChI is InChI=1S/C28H32N2O2S/c31-33(32,27-14-8-3-9-15-27)30(25-16-17-25)26-18-20-29(21-19-26)22-28(23-10-4-1-5-11-23)24-12-6-2-7-13-24/h1-15,25-26,28H,16-22H2. The second kappa shape index (κ2) is 9.80. The summed E-state index contributed by atoms with van der Waals surface area (Å²) in [5.74, 6) is 0.316. The highest BCUT2D eigenvalue weighted by molar-refractivity contribution is 7.89. The summed E-state index contributed by atoms with van der Waals surface area (Å²) in [6.45, 7) is 2.80. The van der Waals surface area contributed by atoms with E-state index in [1.807, 2.05) is 22.5 Å². The third-order valence-corrected chi connectivity index (χ3v) is 9.01. The van der Waals surface area contributed by atoms with Crippen LogP contribution in [0.4, 0.5) is 0 Å². The lowest BCUT2D eigenvalue weighted by Crippen LogP contribution is -2.49. The van der Waals surface area contributed by atoms with Crippen molar-refractivity contribution in [3.63, 3.8) is 0 Å². The molecule has 1 aliphatic carbocycles. The van der Waals surface area contributed by atoms with Crippen molar-refractivity contribution >= 4 is 10.0 Å². The monoisotopic (exact) mass is 460 g/mol. The van der Waals surface area contributed by atoms with Gasteiger partial charge >= 0.3 is 0 Å². The molecule has 1 heterocycles. The smallest absolute Gasteiger partial charge is 0.243 e. The molecule has 0 bridgehead atoms. The molecule has 1 saturated heterocycles. The van der Waals surface area contributed by atoms with E-state index in [1.165, 1.54) is 11.1 Å². The quantitative estimate of drug-likeness (QED) is 0.468. The van der Waals surface area contributed by atoms with Crippen molar-refractivity contribution in [3.05, 3.63) is 102 Å². The van der Waals surface area contributed by atoms with Crippen LogP contribution in [-0.2, 0) is 10.0 Å². The minimum Gasteiger partial charge on any atom is -0.302 e. The Hall–Kier alpha value is -2.47. The molecule has 0 unspecified atom stereocenters. The zero-order valence-corrected chi connectivity index (χ0v) is 19.8. The van der Waals surface area contributed by atoms with Gasteiger partial charge in [-0.1, -0.05) is 78.9 Å². The van der Waals surface area contributed by atoms with Gasteiger partial charge in [-0.15, -0.1) is 0 Å². The van der Waals surface area contributed by atoms with Gasteiger partial charge in [0.15, 0.2) is 0 Å². The van der Waals surface area contributed by atoms with Crippen molar-refractivity contribution in [2.45, 2.75) is 48.6 Å². The van der Waals surface area contributed by atoms with Gasteiger partial charge in [0.05, 0.1) is 4.90 Å². The Morgan fingerprint density at radius 1 is 0.697 bits per heavy atom. The summed E-state index contributed by atoms with van der Waals surface area (Å²) in [6, 6.07) is 30.6. The Labute approximate surface area is 197 Å². The first kappa shape index (κ1) is 22.3. The number of nitrogens with zero attached hydrogens (tertiary/aromatic N) is 2. The Morgan fingerprint density at radius 2 is 1.15 bits per heavy atom. The van der Waals surface area contributed by atoms with E-state index in [0.717, 1.165) is 45.3 Å². The second-order valence-electron chi connectivity index (χ2n) is 9.28. The van der Waals surface area contributed by atoms with Crippen LogP contribution in [0, 0.1) is 0 Å². The molecule has 0 N–H and O–H groups in total. The fraction of sp³-hybridized carbons (Fsp3) is 0.357. The molecule has 5 heteroatoms. The predicted octanol–water partition coefficient (Wildman–Crippen LogP) is 5.14. The molecule has 33 heavy (non-hydrogen) atoms. The molecule has 0 spiro atoms. The van der Waals surface area contributed by atoms with E-state index in [4.69, 9.17) is 0 Å². The number of likely N-dealkylation sites (tertiary alicyclic amines) is 1. The molecular formula is C28H32N2O2S. The third kappa shape index (κ3) is 5.06. The number of hydrogen-bond donors (Lipinski definition) is 0. The lowest BCUT2D eigenvalue weighted by Gasteiger charge is -2.39. The lowest BCUT2D eigenvalue weighted by molar-refractivity contribution is 0.152. The maximum Gasteiger partial charge on any atom is 0.243 e. The minimum absolute atomic E-state index is 0.0888. The highest BCUT2D eigenvalue weighted by Gasteiger charge is 2.43. The van der Waals surface area contributed by atoms with Crippen molar-refractivity contribution in [3.8, 4) is 0 Å². The van der Waals surface area contributed by atoms with Gasteiger partial charge in [-0.05, 0) is 62.0 Å². The summed E-state index contributed by atoms with van der Waals surface area (Å²) in [7, 11) is -3.45. The first-order valence-corrected chi connectivity index (χ1v) is 13.5. The van der Waals surface area contributed by atoms with E-state index < -0.39 is 10.0 Å². The van der Waals surface area contributed by atoms with Crippen LogP contribution in [0.5, 0.6) is 0 Å². The SMILES string of the molecule is O=S(=O)(c1ccccc1)N(C1CC1)C1CCN(CC(c2ccccc2)c2ccccc2)CC1. The second-order valence-corrected chi connectivity index (χ2v) is 11.1. The molecule has 1 saturated carbocycles. The van der Waals surface area contributed by atoms with Crippen molar-refractivity contribution in [2.24, 2.45) is 0 Å². The highest BCUT2D eigenvalue weighted by Crippen LogP contribution is 2.37. The van der Waals surface area contributed by atoms with Crippen LogP contribution in [0.2, 0.25) is 0 Å². The topological polar surface area (TPSA) is 40.6 Å². The maximum atomic E-state index is 13.5. The molecule has 5 rings (SSSR count). The Morgan fingerprint density at radius 3 is 1.64 bits per heavy atom. The van der Waals surface area contributed by atoms with Crippen LogP contribution in [0.15, 0.2) is 95.9 Å². The molecule has 4 nitrogen and oxygen atoms in total. The minimum atomic E-state index is -3.45. The average Bonchev–Trinajstić information content (AvgIpc) is 3.70. The van der Waals surface area contributed by atoms with Crippen LogP contribution in [0.3, 0.4) is 0 Å². The average molecular weight is 461 g/mol. The van der Waals surface area contributed by atoms with Gasteiger partial charge in [0, 0.05) is 24.5 Å². The first-order chi connectivity index (χ1) is 16.1. The van der Waals surface area contributed by atoms with E-state index in [0.29, 0.717) is 10.8 Å². The summed E-state index contributed by atoms with van der Waals surface area (Å²) in [4.78, 5) is 2.94. The first-order valence-electron chi connectivity index (χ1n) is 12.0. The van der Waals surface area contributed by atoms with Crippen LogP contribution < -0.4 is 0 Å². The summed E-state index contributed by atoms with van der Waals surface area (Å²) in [5, 5.41) is 0. The molecule has 1 aliphatic heterocycles. The molecule has 3 aromatic rings. The van der Waals surface area contributed by atoms with E-state index in [2.05, 4.69) is 65.6 Å². The molecule has 0 radical (unpaired) electrons. The van der Waals surface area contributed by atoms with Gasteiger partial charge < -0.3 is 4.90 Å². The summed E-state index contributed by atoms with van der Waals surface area (Å²) >= 11 is 0. The van der Waals surface area contributed by atoms with Crippen molar-refractivity contribution < 1.29 is 8.42 Å². The van der Waals surface area contributed by atoms with Crippen LogP contribution in [0.1, 0.15) is 42.7 Å². The van der Waals surface area contributed by atoms with Crippen molar-refractivity contribution in [1.29, 1.82) is 0 Å². The molecule has 172 valence electrons. The maximum absolute atomic E-state index is 13.5. The summed E-state index contributed by atoms with van der Waals surface area (Å²) < 4.78 is 28.8. The van der Waals surface area contributed by atoms with Gasteiger partial charge in [0.1, 0.15) is 0 Å². The predicted molar refractivity (Wildman–Crippen MR) is 133 cm³/mol. The number of piperidine rings is 1. The fourth-order valence-corrected chi connectivity index (χ4v) is 7.07. The summed E-state index contributed by atoms with van der Waals surface area (Å²) in [6.07, 6.45) is 3.74. The Balaban J connectivity index is 1.30. The Kier molecular flexibility index (Phi) is 6.63. The van der Waals surface area contributed by atoms with Gasteiger partial charge in [-0.3, -0.25) is 0 Å². The van der Waals surface area contributed by atoms with Gasteiger partial charge in [0.25, 0.3) is 0 Å². The lowest BCUT2D eigenvalue weighted by atomic mass is 9.90. The number of sulfonamides is 1. The van der Waals surface area contributed by atoms with E-state index in [1.54, 1.807) is 12.1 Å². The number of benzene rings is 3. The molecule has 0 aromatic heterocycles. The molecule has 2 fully saturated rings. The molecule has 2 aliphatic rings. The van der Waals surface area contributed by atoms with Crippen LogP contribution >= 0.6 is 0 Å². The molecule has 3 aromatic carbocycles. The fourth-order valence-electron chi connectivity index (χ4n) is 5.12.